The average molecular weight is 316 g/mol. The standard InChI is InChI=1S/C21H33NO/c1-18-10-12-19(13-11-18)21(23)14-6-4-5-9-20(21)17-22-15-7-2-3-8-16-22/h10-13,20,23H,2-9,14-17H2,1H3. The molecule has 1 aromatic carbocycles. The Morgan fingerprint density at radius 2 is 1.61 bits per heavy atom. The molecule has 0 bridgehead atoms. The van der Waals surface area contributed by atoms with Crippen LogP contribution in [-0.2, 0) is 5.60 Å². The SMILES string of the molecule is Cc1ccc(C2(O)CCCCCC2CN2CCCCCC2)cc1. The number of aliphatic hydroxyl groups is 1. The van der Waals surface area contributed by atoms with Gasteiger partial charge >= 0.3 is 0 Å². The largest absolute Gasteiger partial charge is 0.385 e. The van der Waals surface area contributed by atoms with E-state index in [1.165, 1.54) is 63.6 Å². The van der Waals surface area contributed by atoms with E-state index in [9.17, 15) is 5.11 Å². The summed E-state index contributed by atoms with van der Waals surface area (Å²) in [4.78, 5) is 2.63. The predicted molar refractivity (Wildman–Crippen MR) is 96.6 cm³/mol. The molecule has 0 radical (unpaired) electrons. The van der Waals surface area contributed by atoms with Crippen molar-refractivity contribution in [2.24, 2.45) is 5.92 Å². The van der Waals surface area contributed by atoms with E-state index in [0.717, 1.165) is 24.9 Å². The summed E-state index contributed by atoms with van der Waals surface area (Å²) < 4.78 is 0. The zero-order chi connectivity index (χ0) is 16.1. The number of likely N-dealkylation sites (tertiary alicyclic amines) is 1. The molecule has 1 saturated carbocycles. The second kappa shape index (κ2) is 7.81. The third-order valence-corrected chi connectivity index (χ3v) is 6.01. The third-order valence-electron chi connectivity index (χ3n) is 6.01. The maximum atomic E-state index is 11.6. The summed E-state index contributed by atoms with van der Waals surface area (Å²) in [6.07, 6.45) is 11.2. The normalized spacial score (nSPS) is 30.6. The van der Waals surface area contributed by atoms with Crippen molar-refractivity contribution < 1.29 is 5.11 Å². The zero-order valence-electron chi connectivity index (χ0n) is 14.8. The number of aryl methyl sites for hydroxylation is 1. The molecule has 1 aliphatic heterocycles. The fourth-order valence-electron chi connectivity index (χ4n) is 4.50. The smallest absolute Gasteiger partial charge is 0.0936 e. The van der Waals surface area contributed by atoms with Crippen molar-refractivity contribution in [2.45, 2.75) is 70.3 Å². The van der Waals surface area contributed by atoms with Crippen molar-refractivity contribution in [1.82, 2.24) is 4.90 Å². The molecule has 0 spiro atoms. The molecule has 2 atom stereocenters. The second-order valence-electron chi connectivity index (χ2n) is 7.80. The van der Waals surface area contributed by atoms with E-state index >= 15 is 0 Å². The minimum Gasteiger partial charge on any atom is -0.385 e. The van der Waals surface area contributed by atoms with Gasteiger partial charge in [0.15, 0.2) is 0 Å². The van der Waals surface area contributed by atoms with E-state index in [1.807, 2.05) is 0 Å². The van der Waals surface area contributed by atoms with E-state index in [4.69, 9.17) is 0 Å². The van der Waals surface area contributed by atoms with Crippen molar-refractivity contribution in [3.63, 3.8) is 0 Å². The third kappa shape index (κ3) is 4.16. The van der Waals surface area contributed by atoms with Gasteiger partial charge in [0.05, 0.1) is 5.60 Å². The molecule has 1 aliphatic carbocycles. The van der Waals surface area contributed by atoms with Crippen LogP contribution in [0.5, 0.6) is 0 Å². The summed E-state index contributed by atoms with van der Waals surface area (Å²) in [5.41, 5.74) is 1.79. The van der Waals surface area contributed by atoms with Crippen LogP contribution >= 0.6 is 0 Å². The highest BCUT2D eigenvalue weighted by molar-refractivity contribution is 5.27. The van der Waals surface area contributed by atoms with Gasteiger partial charge in [0.2, 0.25) is 0 Å². The van der Waals surface area contributed by atoms with E-state index in [0.29, 0.717) is 5.92 Å². The van der Waals surface area contributed by atoms with Crippen molar-refractivity contribution in [1.29, 1.82) is 0 Å². The van der Waals surface area contributed by atoms with E-state index in [2.05, 4.69) is 36.1 Å². The van der Waals surface area contributed by atoms with Crippen molar-refractivity contribution in [3.05, 3.63) is 35.4 Å². The molecule has 128 valence electrons. The first-order chi connectivity index (χ1) is 11.2. The van der Waals surface area contributed by atoms with Gasteiger partial charge < -0.3 is 10.0 Å². The van der Waals surface area contributed by atoms with E-state index < -0.39 is 5.60 Å². The lowest BCUT2D eigenvalue weighted by molar-refractivity contribution is -0.0428. The van der Waals surface area contributed by atoms with Crippen molar-refractivity contribution in [3.8, 4) is 0 Å². The van der Waals surface area contributed by atoms with Gasteiger partial charge in [0.25, 0.3) is 0 Å². The van der Waals surface area contributed by atoms with Gasteiger partial charge in [0, 0.05) is 12.5 Å². The van der Waals surface area contributed by atoms with Gasteiger partial charge in [-0.05, 0) is 51.3 Å². The Morgan fingerprint density at radius 1 is 0.957 bits per heavy atom. The Hall–Kier alpha value is -0.860. The van der Waals surface area contributed by atoms with Crippen LogP contribution in [0.3, 0.4) is 0 Å². The van der Waals surface area contributed by atoms with Gasteiger partial charge in [-0.15, -0.1) is 0 Å². The first kappa shape index (κ1) is 17.0. The molecule has 1 N–H and O–H groups in total. The Morgan fingerprint density at radius 3 is 2.30 bits per heavy atom. The molecular formula is C21H33NO. The number of benzene rings is 1. The maximum absolute atomic E-state index is 11.6. The summed E-state index contributed by atoms with van der Waals surface area (Å²) in [6, 6.07) is 8.63. The predicted octanol–water partition coefficient (Wildman–Crippen LogP) is 4.64. The lowest BCUT2D eigenvalue weighted by atomic mass is 9.77. The molecule has 0 aromatic heterocycles. The Bertz CT molecular complexity index is 475. The summed E-state index contributed by atoms with van der Waals surface area (Å²) in [7, 11) is 0. The molecule has 0 amide bonds. The van der Waals surface area contributed by atoms with Crippen LogP contribution in [0.1, 0.15) is 68.9 Å². The Balaban J connectivity index is 1.79. The molecule has 2 fully saturated rings. The average Bonchev–Trinajstić information content (AvgIpc) is 2.91. The maximum Gasteiger partial charge on any atom is 0.0936 e. The Labute approximate surface area is 141 Å². The van der Waals surface area contributed by atoms with Gasteiger partial charge in [-0.1, -0.05) is 61.9 Å². The van der Waals surface area contributed by atoms with E-state index in [-0.39, 0.29) is 0 Å². The monoisotopic (exact) mass is 315 g/mol. The van der Waals surface area contributed by atoms with E-state index in [1.54, 1.807) is 0 Å². The minimum absolute atomic E-state index is 0.380. The zero-order valence-corrected chi connectivity index (χ0v) is 14.8. The minimum atomic E-state index is -0.628. The van der Waals surface area contributed by atoms with Gasteiger partial charge in [-0.25, -0.2) is 0 Å². The highest BCUT2D eigenvalue weighted by Gasteiger charge is 2.39. The fraction of sp³-hybridized carbons (Fsp3) is 0.714. The van der Waals surface area contributed by atoms with Crippen LogP contribution < -0.4 is 0 Å². The van der Waals surface area contributed by atoms with Crippen molar-refractivity contribution in [2.75, 3.05) is 19.6 Å². The molecule has 2 heteroatoms. The first-order valence-electron chi connectivity index (χ1n) is 9.70. The van der Waals surface area contributed by atoms with Crippen LogP contribution in [-0.4, -0.2) is 29.6 Å². The number of hydrogen-bond acceptors (Lipinski definition) is 2. The molecule has 1 aromatic rings. The summed E-state index contributed by atoms with van der Waals surface area (Å²) in [5, 5.41) is 11.6. The highest BCUT2D eigenvalue weighted by atomic mass is 16.3. The van der Waals surface area contributed by atoms with Crippen LogP contribution in [0.4, 0.5) is 0 Å². The lowest BCUT2D eigenvalue weighted by Gasteiger charge is -2.38. The number of hydrogen-bond donors (Lipinski definition) is 1. The lowest BCUT2D eigenvalue weighted by Crippen LogP contribution is -2.42. The van der Waals surface area contributed by atoms with Gasteiger partial charge in [-0.2, -0.15) is 0 Å². The summed E-state index contributed by atoms with van der Waals surface area (Å²) in [6.45, 7) is 5.64. The molecule has 2 nitrogen and oxygen atoms in total. The molecule has 2 aliphatic rings. The highest BCUT2D eigenvalue weighted by Crippen LogP contribution is 2.41. The number of rotatable bonds is 3. The quantitative estimate of drug-likeness (QED) is 0.821. The molecule has 2 unspecified atom stereocenters. The Kier molecular flexibility index (Phi) is 5.76. The van der Waals surface area contributed by atoms with Gasteiger partial charge in [0.1, 0.15) is 0 Å². The molecular weight excluding hydrogens is 282 g/mol. The molecule has 1 heterocycles. The fourth-order valence-corrected chi connectivity index (χ4v) is 4.50. The first-order valence-corrected chi connectivity index (χ1v) is 9.70. The van der Waals surface area contributed by atoms with Gasteiger partial charge in [-0.3, -0.25) is 0 Å². The number of nitrogens with zero attached hydrogens (tertiary/aromatic N) is 1. The summed E-state index contributed by atoms with van der Waals surface area (Å²) >= 11 is 0. The van der Waals surface area contributed by atoms with Crippen LogP contribution in [0, 0.1) is 12.8 Å². The summed E-state index contributed by atoms with van der Waals surface area (Å²) in [5.74, 6) is 0.380. The van der Waals surface area contributed by atoms with Crippen LogP contribution in [0.25, 0.3) is 0 Å². The molecule has 3 rings (SSSR count). The second-order valence-corrected chi connectivity index (χ2v) is 7.80. The topological polar surface area (TPSA) is 23.5 Å². The molecule has 23 heavy (non-hydrogen) atoms. The molecule has 1 saturated heterocycles. The van der Waals surface area contributed by atoms with Crippen LogP contribution in [0.2, 0.25) is 0 Å². The van der Waals surface area contributed by atoms with Crippen LogP contribution in [0.15, 0.2) is 24.3 Å². The van der Waals surface area contributed by atoms with Crippen molar-refractivity contribution >= 4 is 0 Å².